The van der Waals surface area contributed by atoms with E-state index in [2.05, 4.69) is 28.8 Å². The van der Waals surface area contributed by atoms with Crippen molar-refractivity contribution >= 4 is 5.91 Å². The van der Waals surface area contributed by atoms with Gasteiger partial charge in [0, 0.05) is 37.1 Å². The second kappa shape index (κ2) is 10.7. The Bertz CT molecular complexity index is 1180. The van der Waals surface area contributed by atoms with Gasteiger partial charge < -0.3 is 14.2 Å². The highest BCUT2D eigenvalue weighted by molar-refractivity contribution is 5.95. The average molecular weight is 459 g/mol. The number of rotatable bonds is 6. The van der Waals surface area contributed by atoms with Crippen LogP contribution in [0.3, 0.4) is 0 Å². The van der Waals surface area contributed by atoms with Gasteiger partial charge in [-0.2, -0.15) is 0 Å². The molecule has 5 nitrogen and oxygen atoms in total. The molecule has 0 saturated carbocycles. The number of aromatic nitrogens is 1. The zero-order chi connectivity index (χ0) is 24.1. The summed E-state index contributed by atoms with van der Waals surface area (Å²) in [6.07, 6.45) is 3.54. The summed E-state index contributed by atoms with van der Waals surface area (Å²) in [7, 11) is 1.65. The molecule has 0 spiro atoms. The summed E-state index contributed by atoms with van der Waals surface area (Å²) in [4.78, 5) is 28.7. The molecule has 1 saturated heterocycles. The lowest BCUT2D eigenvalue weighted by Gasteiger charge is -2.24. The number of ether oxygens (including phenoxy) is 1. The number of hydrogen-bond acceptors (Lipinski definition) is 3. The van der Waals surface area contributed by atoms with E-state index in [1.165, 1.54) is 5.56 Å². The summed E-state index contributed by atoms with van der Waals surface area (Å²) in [5.41, 5.74) is 4.28. The SMILES string of the molecule is CCc1c(C(=O)N2CCC[C@H](c3ccccc3)CC2)c(=O)cc(C)n1Cc1ccc(OC)cc1. The number of likely N-dealkylation sites (tertiary alicyclic amines) is 1. The van der Waals surface area contributed by atoms with Gasteiger partial charge in [-0.1, -0.05) is 49.4 Å². The molecule has 3 aromatic rings. The monoisotopic (exact) mass is 458 g/mol. The lowest BCUT2D eigenvalue weighted by Crippen LogP contribution is -2.37. The molecule has 0 aliphatic carbocycles. The standard InChI is InChI=1S/C29H34N2O3/c1-4-26-28(27(32)19-21(2)31(26)20-22-12-14-25(34-3)15-13-22)29(33)30-17-8-11-24(16-18-30)23-9-6-5-7-10-23/h5-7,9-10,12-15,19,24H,4,8,11,16-18,20H2,1-3H3/t24-/m0/s1. The minimum atomic E-state index is -0.172. The van der Waals surface area contributed by atoms with Gasteiger partial charge in [0.1, 0.15) is 11.3 Å². The number of aryl methyl sites for hydroxylation is 1. The van der Waals surface area contributed by atoms with Crippen LogP contribution in [-0.4, -0.2) is 35.6 Å². The van der Waals surface area contributed by atoms with Gasteiger partial charge in [0.25, 0.3) is 5.91 Å². The quantitative estimate of drug-likeness (QED) is 0.511. The number of carbonyl (C=O) groups is 1. The molecule has 2 heterocycles. The van der Waals surface area contributed by atoms with Crippen molar-refractivity contribution in [2.75, 3.05) is 20.2 Å². The van der Waals surface area contributed by atoms with E-state index in [-0.39, 0.29) is 11.3 Å². The fraction of sp³-hybridized carbons (Fsp3) is 0.379. The normalized spacial score (nSPS) is 16.2. The molecule has 0 bridgehead atoms. The Morgan fingerprint density at radius 2 is 1.76 bits per heavy atom. The number of nitrogens with zero attached hydrogens (tertiary/aromatic N) is 2. The first kappa shape index (κ1) is 23.8. The first-order chi connectivity index (χ1) is 16.5. The summed E-state index contributed by atoms with van der Waals surface area (Å²) in [6.45, 7) is 5.93. The highest BCUT2D eigenvalue weighted by atomic mass is 16.5. The van der Waals surface area contributed by atoms with Crippen LogP contribution < -0.4 is 10.2 Å². The Kier molecular flexibility index (Phi) is 7.51. The summed E-state index contributed by atoms with van der Waals surface area (Å²) < 4.78 is 7.38. The molecule has 0 radical (unpaired) electrons. The second-order valence-corrected chi connectivity index (χ2v) is 9.09. The van der Waals surface area contributed by atoms with Crippen LogP contribution in [0.15, 0.2) is 65.5 Å². The maximum atomic E-state index is 13.7. The van der Waals surface area contributed by atoms with Crippen LogP contribution in [0, 0.1) is 6.92 Å². The third kappa shape index (κ3) is 5.09. The Morgan fingerprint density at radius 3 is 2.44 bits per heavy atom. The number of hydrogen-bond donors (Lipinski definition) is 0. The van der Waals surface area contributed by atoms with Gasteiger partial charge in [0.05, 0.1) is 7.11 Å². The van der Waals surface area contributed by atoms with E-state index in [4.69, 9.17) is 4.74 Å². The van der Waals surface area contributed by atoms with Crippen molar-refractivity contribution in [2.24, 2.45) is 0 Å². The summed E-state index contributed by atoms with van der Waals surface area (Å²) in [5, 5.41) is 0. The summed E-state index contributed by atoms with van der Waals surface area (Å²) in [6, 6.07) is 20.1. The molecule has 0 unspecified atom stereocenters. The van der Waals surface area contributed by atoms with Crippen LogP contribution in [0.5, 0.6) is 5.75 Å². The Hall–Kier alpha value is -3.34. The molecule has 5 heteroatoms. The molecule has 1 amide bonds. The van der Waals surface area contributed by atoms with Crippen LogP contribution in [0.4, 0.5) is 0 Å². The van der Waals surface area contributed by atoms with Crippen molar-refractivity contribution in [3.63, 3.8) is 0 Å². The fourth-order valence-corrected chi connectivity index (χ4v) is 5.08. The molecule has 2 aromatic carbocycles. The van der Waals surface area contributed by atoms with Gasteiger partial charge in [0.15, 0.2) is 5.43 Å². The molecular weight excluding hydrogens is 424 g/mol. The lowest BCUT2D eigenvalue weighted by molar-refractivity contribution is 0.0757. The highest BCUT2D eigenvalue weighted by Crippen LogP contribution is 2.28. The van der Waals surface area contributed by atoms with Crippen molar-refractivity contribution < 1.29 is 9.53 Å². The average Bonchev–Trinajstić information content (AvgIpc) is 3.12. The predicted octanol–water partition coefficient (Wildman–Crippen LogP) is 5.19. The van der Waals surface area contributed by atoms with Crippen LogP contribution in [0.2, 0.25) is 0 Å². The van der Waals surface area contributed by atoms with Crippen molar-refractivity contribution in [3.05, 3.63) is 99.0 Å². The van der Waals surface area contributed by atoms with Crippen molar-refractivity contribution in [1.29, 1.82) is 0 Å². The lowest BCUT2D eigenvalue weighted by atomic mass is 9.92. The maximum absolute atomic E-state index is 13.7. The second-order valence-electron chi connectivity index (χ2n) is 9.09. The Balaban J connectivity index is 1.60. The van der Waals surface area contributed by atoms with Crippen LogP contribution in [0.1, 0.15) is 65.0 Å². The molecular formula is C29H34N2O3. The number of pyridine rings is 1. The minimum Gasteiger partial charge on any atom is -0.497 e. The zero-order valence-electron chi connectivity index (χ0n) is 20.4. The van der Waals surface area contributed by atoms with Crippen LogP contribution >= 0.6 is 0 Å². The fourth-order valence-electron chi connectivity index (χ4n) is 5.08. The van der Waals surface area contributed by atoms with E-state index in [9.17, 15) is 9.59 Å². The molecule has 1 atom stereocenters. The van der Waals surface area contributed by atoms with Gasteiger partial charge in [-0.25, -0.2) is 0 Å². The first-order valence-corrected chi connectivity index (χ1v) is 12.2. The smallest absolute Gasteiger partial charge is 0.259 e. The molecule has 1 aliphatic heterocycles. The summed E-state index contributed by atoms with van der Waals surface area (Å²) >= 11 is 0. The van der Waals surface area contributed by atoms with Gasteiger partial charge in [-0.3, -0.25) is 9.59 Å². The third-order valence-corrected chi connectivity index (χ3v) is 6.96. The zero-order valence-corrected chi connectivity index (χ0v) is 20.4. The molecule has 34 heavy (non-hydrogen) atoms. The number of methoxy groups -OCH3 is 1. The van der Waals surface area contributed by atoms with E-state index in [1.54, 1.807) is 13.2 Å². The van der Waals surface area contributed by atoms with E-state index < -0.39 is 0 Å². The predicted molar refractivity (Wildman–Crippen MR) is 136 cm³/mol. The molecule has 1 fully saturated rings. The highest BCUT2D eigenvalue weighted by Gasteiger charge is 2.27. The number of amides is 1. The van der Waals surface area contributed by atoms with Gasteiger partial charge in [-0.05, 0) is 61.8 Å². The topological polar surface area (TPSA) is 51.5 Å². The Labute approximate surface area is 202 Å². The minimum absolute atomic E-state index is 0.126. The Morgan fingerprint density at radius 1 is 1.03 bits per heavy atom. The largest absolute Gasteiger partial charge is 0.497 e. The van der Waals surface area contributed by atoms with Crippen LogP contribution in [-0.2, 0) is 13.0 Å². The van der Waals surface area contributed by atoms with E-state index in [1.807, 2.05) is 49.1 Å². The molecule has 1 aromatic heterocycles. The van der Waals surface area contributed by atoms with E-state index >= 15 is 0 Å². The number of carbonyl (C=O) groups excluding carboxylic acids is 1. The number of benzene rings is 2. The first-order valence-electron chi connectivity index (χ1n) is 12.2. The molecule has 0 N–H and O–H groups in total. The van der Waals surface area contributed by atoms with Crippen molar-refractivity contribution in [3.8, 4) is 5.75 Å². The van der Waals surface area contributed by atoms with E-state index in [0.29, 0.717) is 37.5 Å². The van der Waals surface area contributed by atoms with E-state index in [0.717, 1.165) is 42.0 Å². The van der Waals surface area contributed by atoms with Crippen molar-refractivity contribution in [1.82, 2.24) is 9.47 Å². The summed E-state index contributed by atoms with van der Waals surface area (Å²) in [5.74, 6) is 1.13. The third-order valence-electron chi connectivity index (χ3n) is 6.96. The van der Waals surface area contributed by atoms with Gasteiger partial charge in [0.2, 0.25) is 0 Å². The van der Waals surface area contributed by atoms with Crippen molar-refractivity contribution in [2.45, 2.75) is 52.0 Å². The molecule has 4 rings (SSSR count). The van der Waals surface area contributed by atoms with Crippen LogP contribution in [0.25, 0.3) is 0 Å². The van der Waals surface area contributed by atoms with Gasteiger partial charge >= 0.3 is 0 Å². The molecule has 1 aliphatic rings. The van der Waals surface area contributed by atoms with Gasteiger partial charge in [-0.15, -0.1) is 0 Å². The molecule has 178 valence electrons. The maximum Gasteiger partial charge on any atom is 0.259 e.